The molecule has 2 N–H and O–H groups in total. The van der Waals surface area contributed by atoms with Crippen molar-refractivity contribution in [3.8, 4) is 11.5 Å². The standard InChI is InChI=1S/C14H12O5/c15-12-6-11(7-13(16)8-12)14(17)19-18-9-10-4-2-1-3-5-10/h1-8,15-16H,9H2. The normalized spacial score (nSPS) is 10.1. The minimum atomic E-state index is -0.790. The Morgan fingerprint density at radius 3 is 2.26 bits per heavy atom. The molecule has 0 amide bonds. The van der Waals surface area contributed by atoms with Crippen LogP contribution in [0.15, 0.2) is 48.5 Å². The van der Waals surface area contributed by atoms with E-state index in [1.165, 1.54) is 12.1 Å². The zero-order valence-corrected chi connectivity index (χ0v) is 9.95. The van der Waals surface area contributed by atoms with Crippen LogP contribution in [-0.2, 0) is 16.4 Å². The molecular formula is C14H12O5. The lowest BCUT2D eigenvalue weighted by atomic mass is 10.2. The molecule has 2 aromatic carbocycles. The molecule has 0 aromatic heterocycles. The molecule has 5 heteroatoms. The summed E-state index contributed by atoms with van der Waals surface area (Å²) in [5, 5.41) is 18.5. The van der Waals surface area contributed by atoms with Crippen molar-refractivity contribution in [2.45, 2.75) is 6.61 Å². The first-order valence-corrected chi connectivity index (χ1v) is 5.56. The van der Waals surface area contributed by atoms with Crippen molar-refractivity contribution in [2.75, 3.05) is 0 Å². The second-order valence-electron chi connectivity index (χ2n) is 3.86. The van der Waals surface area contributed by atoms with E-state index in [0.29, 0.717) is 0 Å². The maximum Gasteiger partial charge on any atom is 0.373 e. The van der Waals surface area contributed by atoms with Crippen LogP contribution in [0.1, 0.15) is 15.9 Å². The fraction of sp³-hybridized carbons (Fsp3) is 0.0714. The molecule has 0 aliphatic heterocycles. The molecule has 0 saturated carbocycles. The highest BCUT2D eigenvalue weighted by Gasteiger charge is 2.11. The van der Waals surface area contributed by atoms with Crippen molar-refractivity contribution >= 4 is 5.97 Å². The van der Waals surface area contributed by atoms with Gasteiger partial charge in [0, 0.05) is 6.07 Å². The van der Waals surface area contributed by atoms with Crippen LogP contribution in [0.5, 0.6) is 11.5 Å². The van der Waals surface area contributed by atoms with Crippen LogP contribution in [0, 0.1) is 0 Å². The third-order valence-corrected chi connectivity index (χ3v) is 2.34. The van der Waals surface area contributed by atoms with Crippen LogP contribution in [-0.4, -0.2) is 16.2 Å². The number of aromatic hydroxyl groups is 2. The molecule has 0 heterocycles. The fourth-order valence-electron chi connectivity index (χ4n) is 1.49. The first-order valence-electron chi connectivity index (χ1n) is 5.56. The predicted octanol–water partition coefficient (Wildman–Crippen LogP) is 2.39. The Hall–Kier alpha value is -2.53. The predicted molar refractivity (Wildman–Crippen MR) is 66.4 cm³/mol. The van der Waals surface area contributed by atoms with Gasteiger partial charge in [0.1, 0.15) is 18.1 Å². The molecule has 0 atom stereocenters. The molecule has 0 fully saturated rings. The number of hydrogen-bond acceptors (Lipinski definition) is 5. The third kappa shape index (κ3) is 3.72. The first kappa shape index (κ1) is 12.9. The molecule has 5 nitrogen and oxygen atoms in total. The number of carbonyl (C=O) groups excluding carboxylic acids is 1. The van der Waals surface area contributed by atoms with E-state index in [1.54, 1.807) is 0 Å². The molecule has 0 bridgehead atoms. The Morgan fingerprint density at radius 1 is 1.00 bits per heavy atom. The van der Waals surface area contributed by atoms with Gasteiger partial charge in [-0.2, -0.15) is 4.89 Å². The lowest BCUT2D eigenvalue weighted by Gasteiger charge is -2.04. The van der Waals surface area contributed by atoms with Gasteiger partial charge in [0.25, 0.3) is 0 Å². The van der Waals surface area contributed by atoms with E-state index in [9.17, 15) is 15.0 Å². The molecule has 19 heavy (non-hydrogen) atoms. The van der Waals surface area contributed by atoms with E-state index in [0.717, 1.165) is 11.6 Å². The molecule has 0 aliphatic rings. The van der Waals surface area contributed by atoms with Crippen molar-refractivity contribution in [2.24, 2.45) is 0 Å². The lowest BCUT2D eigenvalue weighted by Crippen LogP contribution is -2.06. The zero-order chi connectivity index (χ0) is 13.7. The SMILES string of the molecule is O=C(OOCc1ccccc1)c1cc(O)cc(O)c1. The number of phenolic OH excluding ortho intramolecular Hbond substituents is 2. The summed E-state index contributed by atoms with van der Waals surface area (Å²) in [6, 6.07) is 12.7. The highest BCUT2D eigenvalue weighted by atomic mass is 17.2. The van der Waals surface area contributed by atoms with E-state index in [2.05, 4.69) is 4.89 Å². The van der Waals surface area contributed by atoms with E-state index >= 15 is 0 Å². The van der Waals surface area contributed by atoms with Crippen molar-refractivity contribution in [1.82, 2.24) is 0 Å². The molecule has 0 spiro atoms. The molecule has 0 saturated heterocycles. The molecule has 0 aliphatic carbocycles. The smallest absolute Gasteiger partial charge is 0.373 e. The second-order valence-corrected chi connectivity index (χ2v) is 3.86. The average Bonchev–Trinajstić information content (AvgIpc) is 2.38. The molecule has 98 valence electrons. The summed E-state index contributed by atoms with van der Waals surface area (Å²) in [7, 11) is 0. The largest absolute Gasteiger partial charge is 0.508 e. The van der Waals surface area contributed by atoms with Gasteiger partial charge < -0.3 is 10.2 Å². The number of hydrogen-bond donors (Lipinski definition) is 2. The van der Waals surface area contributed by atoms with Crippen molar-refractivity contribution < 1.29 is 24.8 Å². The van der Waals surface area contributed by atoms with Gasteiger partial charge in [-0.3, -0.25) is 4.89 Å². The average molecular weight is 260 g/mol. The van der Waals surface area contributed by atoms with Gasteiger partial charge >= 0.3 is 5.97 Å². The summed E-state index contributed by atoms with van der Waals surface area (Å²) >= 11 is 0. The maximum absolute atomic E-state index is 11.6. The third-order valence-electron chi connectivity index (χ3n) is 2.34. The zero-order valence-electron chi connectivity index (χ0n) is 9.95. The summed E-state index contributed by atoms with van der Waals surface area (Å²) in [5.41, 5.74) is 0.861. The van der Waals surface area contributed by atoms with Crippen LogP contribution in [0.2, 0.25) is 0 Å². The van der Waals surface area contributed by atoms with E-state index in [-0.39, 0.29) is 23.7 Å². The number of benzene rings is 2. The Kier molecular flexibility index (Phi) is 4.00. The highest BCUT2D eigenvalue weighted by Crippen LogP contribution is 2.21. The van der Waals surface area contributed by atoms with Gasteiger partial charge in [-0.25, -0.2) is 4.79 Å². The monoisotopic (exact) mass is 260 g/mol. The Morgan fingerprint density at radius 2 is 1.63 bits per heavy atom. The van der Waals surface area contributed by atoms with E-state index in [1.807, 2.05) is 30.3 Å². The lowest BCUT2D eigenvalue weighted by molar-refractivity contribution is -0.250. The topological polar surface area (TPSA) is 76.0 Å². The summed E-state index contributed by atoms with van der Waals surface area (Å²) in [4.78, 5) is 21.0. The number of phenols is 2. The van der Waals surface area contributed by atoms with Crippen LogP contribution in [0.25, 0.3) is 0 Å². The van der Waals surface area contributed by atoms with Crippen LogP contribution in [0.3, 0.4) is 0 Å². The van der Waals surface area contributed by atoms with E-state index < -0.39 is 5.97 Å². The molecule has 0 radical (unpaired) electrons. The van der Waals surface area contributed by atoms with Crippen molar-refractivity contribution in [1.29, 1.82) is 0 Å². The minimum absolute atomic E-state index is 0.00515. The number of carbonyl (C=O) groups is 1. The molecule has 2 aromatic rings. The Labute approximate surface area is 109 Å². The van der Waals surface area contributed by atoms with Crippen LogP contribution < -0.4 is 0 Å². The summed E-state index contributed by atoms with van der Waals surface area (Å²) in [5.74, 6) is -1.24. The molecular weight excluding hydrogens is 248 g/mol. The van der Waals surface area contributed by atoms with Crippen molar-refractivity contribution in [3.05, 3.63) is 59.7 Å². The number of rotatable bonds is 4. The van der Waals surface area contributed by atoms with Gasteiger partial charge in [-0.1, -0.05) is 30.3 Å². The maximum atomic E-state index is 11.6. The Balaban J connectivity index is 1.91. The van der Waals surface area contributed by atoms with Crippen LogP contribution in [0.4, 0.5) is 0 Å². The quantitative estimate of drug-likeness (QED) is 0.652. The van der Waals surface area contributed by atoms with Gasteiger partial charge in [0.05, 0.1) is 5.56 Å². The summed E-state index contributed by atoms with van der Waals surface area (Å²) < 4.78 is 0. The highest BCUT2D eigenvalue weighted by molar-refractivity contribution is 5.89. The Bertz CT molecular complexity index is 545. The van der Waals surface area contributed by atoms with Gasteiger partial charge in [0.2, 0.25) is 0 Å². The van der Waals surface area contributed by atoms with Gasteiger partial charge in [0.15, 0.2) is 0 Å². The molecule has 0 unspecified atom stereocenters. The van der Waals surface area contributed by atoms with Crippen LogP contribution >= 0.6 is 0 Å². The minimum Gasteiger partial charge on any atom is -0.508 e. The summed E-state index contributed by atoms with van der Waals surface area (Å²) in [6.07, 6.45) is 0. The summed E-state index contributed by atoms with van der Waals surface area (Å²) in [6.45, 7) is 0.122. The fourth-order valence-corrected chi connectivity index (χ4v) is 1.49. The molecule has 2 rings (SSSR count). The second kappa shape index (κ2) is 5.88. The van der Waals surface area contributed by atoms with Gasteiger partial charge in [-0.05, 0) is 17.7 Å². The van der Waals surface area contributed by atoms with Gasteiger partial charge in [-0.15, -0.1) is 0 Å². The van der Waals surface area contributed by atoms with E-state index in [4.69, 9.17) is 4.89 Å². The van der Waals surface area contributed by atoms with Crippen molar-refractivity contribution in [3.63, 3.8) is 0 Å². The first-order chi connectivity index (χ1) is 9.15.